The maximum absolute atomic E-state index is 11.9. The number of aryl methyl sites for hydroxylation is 1. The Morgan fingerprint density at radius 1 is 1.45 bits per heavy atom. The molecule has 1 fully saturated rings. The average molecular weight is 286 g/mol. The van der Waals surface area contributed by atoms with E-state index < -0.39 is 36.8 Å². The molecule has 0 unspecified atom stereocenters. The van der Waals surface area contributed by atoms with Gasteiger partial charge in [0.2, 0.25) is 5.88 Å². The lowest BCUT2D eigenvalue weighted by Crippen LogP contribution is -2.36. The van der Waals surface area contributed by atoms with Gasteiger partial charge in [0.25, 0.3) is 0 Å². The number of aliphatic hydroxyl groups excluding tert-OH is 3. The van der Waals surface area contributed by atoms with Crippen LogP contribution in [0.1, 0.15) is 18.7 Å². The van der Waals surface area contributed by atoms with Gasteiger partial charge in [-0.25, -0.2) is 4.79 Å². The van der Waals surface area contributed by atoms with E-state index in [4.69, 9.17) is 14.6 Å². The molecule has 0 saturated carbocycles. The van der Waals surface area contributed by atoms with Gasteiger partial charge in [0.1, 0.15) is 18.3 Å². The van der Waals surface area contributed by atoms with E-state index >= 15 is 0 Å². The molecule has 0 radical (unpaired) electrons. The van der Waals surface area contributed by atoms with E-state index in [2.05, 4.69) is 4.98 Å². The third kappa shape index (κ3) is 2.55. The number of nitrogens with zero attached hydrogens (tertiary/aromatic N) is 2. The summed E-state index contributed by atoms with van der Waals surface area (Å²) < 4.78 is 11.6. The second kappa shape index (κ2) is 5.88. The van der Waals surface area contributed by atoms with Crippen LogP contribution in [0.4, 0.5) is 0 Å². The Kier molecular flexibility index (Phi) is 4.39. The molecule has 1 saturated heterocycles. The van der Waals surface area contributed by atoms with E-state index in [0.717, 1.165) is 4.57 Å². The van der Waals surface area contributed by atoms with Crippen molar-refractivity contribution in [2.75, 3.05) is 13.2 Å². The number of ether oxygens (including phenoxy) is 2. The molecule has 0 aliphatic carbocycles. The minimum Gasteiger partial charge on any atom is -0.478 e. The fraction of sp³-hybridized carbons (Fsp3) is 0.667. The topological polar surface area (TPSA) is 114 Å². The van der Waals surface area contributed by atoms with E-state index in [9.17, 15) is 15.0 Å². The van der Waals surface area contributed by atoms with Crippen LogP contribution in [-0.2, 0) is 4.74 Å². The summed E-state index contributed by atoms with van der Waals surface area (Å²) in [6, 6.07) is 0. The Hall–Kier alpha value is -1.48. The molecule has 2 rings (SSSR count). The molecule has 8 heteroatoms. The summed E-state index contributed by atoms with van der Waals surface area (Å²) in [5, 5.41) is 28.6. The highest BCUT2D eigenvalue weighted by Gasteiger charge is 2.43. The largest absolute Gasteiger partial charge is 0.478 e. The van der Waals surface area contributed by atoms with Crippen LogP contribution in [0.25, 0.3) is 0 Å². The van der Waals surface area contributed by atoms with Crippen LogP contribution < -0.4 is 10.4 Å². The maximum atomic E-state index is 11.9. The predicted molar refractivity (Wildman–Crippen MR) is 67.4 cm³/mol. The molecule has 0 aromatic carbocycles. The lowest BCUT2D eigenvalue weighted by Gasteiger charge is -2.18. The highest BCUT2D eigenvalue weighted by molar-refractivity contribution is 5.21. The SMILES string of the molecule is CCOc1nc(=O)n([C@@H]2O[C@H](CO)[C@@H](O)[C@H]2O)cc1C. The minimum absolute atomic E-state index is 0.223. The second-order valence-electron chi connectivity index (χ2n) is 4.58. The lowest BCUT2D eigenvalue weighted by atomic mass is 10.1. The zero-order valence-corrected chi connectivity index (χ0v) is 11.3. The van der Waals surface area contributed by atoms with Crippen LogP contribution in [0.15, 0.2) is 11.0 Å². The Balaban J connectivity index is 2.34. The number of aliphatic hydroxyl groups is 3. The molecule has 112 valence electrons. The van der Waals surface area contributed by atoms with Crippen LogP contribution in [0, 0.1) is 6.92 Å². The highest BCUT2D eigenvalue weighted by Crippen LogP contribution is 2.28. The number of hydrogen-bond acceptors (Lipinski definition) is 7. The monoisotopic (exact) mass is 286 g/mol. The molecule has 2 heterocycles. The fourth-order valence-corrected chi connectivity index (χ4v) is 2.13. The molecule has 1 aliphatic rings. The number of rotatable bonds is 4. The highest BCUT2D eigenvalue weighted by atomic mass is 16.6. The molecule has 1 aliphatic heterocycles. The molecule has 0 amide bonds. The average Bonchev–Trinajstić information content (AvgIpc) is 2.70. The Bertz CT molecular complexity index is 531. The summed E-state index contributed by atoms with van der Waals surface area (Å²) in [6.07, 6.45) is -3.15. The lowest BCUT2D eigenvalue weighted by molar-refractivity contribution is -0.0551. The zero-order chi connectivity index (χ0) is 14.9. The van der Waals surface area contributed by atoms with Gasteiger partial charge in [0, 0.05) is 11.8 Å². The molecule has 1 aromatic heterocycles. The van der Waals surface area contributed by atoms with E-state index in [1.54, 1.807) is 13.8 Å². The summed E-state index contributed by atoms with van der Waals surface area (Å²) >= 11 is 0. The van der Waals surface area contributed by atoms with Gasteiger partial charge in [-0.15, -0.1) is 0 Å². The molecule has 4 atom stereocenters. The maximum Gasteiger partial charge on any atom is 0.353 e. The van der Waals surface area contributed by atoms with Crippen molar-refractivity contribution in [1.29, 1.82) is 0 Å². The predicted octanol–water partition coefficient (Wildman–Crippen LogP) is -1.44. The van der Waals surface area contributed by atoms with Crippen molar-refractivity contribution in [2.45, 2.75) is 38.4 Å². The molecule has 1 aromatic rings. The number of hydrogen-bond donors (Lipinski definition) is 3. The fourth-order valence-electron chi connectivity index (χ4n) is 2.13. The van der Waals surface area contributed by atoms with Gasteiger partial charge >= 0.3 is 5.69 Å². The van der Waals surface area contributed by atoms with E-state index in [1.807, 2.05) is 0 Å². The Morgan fingerprint density at radius 3 is 2.70 bits per heavy atom. The van der Waals surface area contributed by atoms with Crippen molar-refractivity contribution < 1.29 is 24.8 Å². The van der Waals surface area contributed by atoms with E-state index in [1.165, 1.54) is 6.20 Å². The summed E-state index contributed by atoms with van der Waals surface area (Å²) in [6.45, 7) is 3.41. The van der Waals surface area contributed by atoms with Crippen molar-refractivity contribution in [1.82, 2.24) is 9.55 Å². The van der Waals surface area contributed by atoms with Gasteiger partial charge in [-0.3, -0.25) is 4.57 Å². The molecule has 0 bridgehead atoms. The molecular weight excluding hydrogens is 268 g/mol. The first-order chi connectivity index (χ1) is 9.49. The summed E-state index contributed by atoms with van der Waals surface area (Å²) in [5.41, 5.74) is -0.0573. The standard InChI is InChI=1S/C12H18N2O6/c1-3-19-10-6(2)4-14(12(18)13-10)11-9(17)8(16)7(5-15)20-11/h4,7-9,11,15-17H,3,5H2,1-2H3/t7-,8-,9-,11-/m1/s1. The molecule has 0 spiro atoms. The molecule has 3 N–H and O–H groups in total. The van der Waals surface area contributed by atoms with Crippen molar-refractivity contribution >= 4 is 0 Å². The van der Waals surface area contributed by atoms with E-state index in [0.29, 0.717) is 12.2 Å². The smallest absolute Gasteiger partial charge is 0.353 e. The minimum atomic E-state index is -1.32. The first kappa shape index (κ1) is 14.9. The third-order valence-electron chi connectivity index (χ3n) is 3.16. The Labute approximate surface area is 115 Å². The quantitative estimate of drug-likeness (QED) is 0.621. The van der Waals surface area contributed by atoms with Crippen LogP contribution in [0.2, 0.25) is 0 Å². The van der Waals surface area contributed by atoms with Gasteiger partial charge < -0.3 is 24.8 Å². The molecule has 20 heavy (non-hydrogen) atoms. The Morgan fingerprint density at radius 2 is 2.15 bits per heavy atom. The van der Waals surface area contributed by atoms with E-state index in [-0.39, 0.29) is 5.88 Å². The summed E-state index contributed by atoms with van der Waals surface area (Å²) in [4.78, 5) is 15.7. The van der Waals surface area contributed by atoms with Crippen molar-refractivity contribution in [3.63, 3.8) is 0 Å². The van der Waals surface area contributed by atoms with Crippen LogP contribution in [0.5, 0.6) is 5.88 Å². The van der Waals surface area contributed by atoms with Gasteiger partial charge in [0.05, 0.1) is 13.2 Å². The van der Waals surface area contributed by atoms with Gasteiger partial charge in [-0.2, -0.15) is 4.98 Å². The first-order valence-electron chi connectivity index (χ1n) is 6.34. The molecular formula is C12H18N2O6. The number of aromatic nitrogens is 2. The summed E-state index contributed by atoms with van der Waals surface area (Å²) in [7, 11) is 0. The third-order valence-corrected chi connectivity index (χ3v) is 3.16. The normalized spacial score (nSPS) is 29.6. The van der Waals surface area contributed by atoms with Gasteiger partial charge in [0.15, 0.2) is 6.23 Å². The first-order valence-corrected chi connectivity index (χ1v) is 6.34. The van der Waals surface area contributed by atoms with Crippen LogP contribution in [0.3, 0.4) is 0 Å². The second-order valence-corrected chi connectivity index (χ2v) is 4.58. The molecule has 8 nitrogen and oxygen atoms in total. The van der Waals surface area contributed by atoms with Crippen molar-refractivity contribution in [3.05, 3.63) is 22.2 Å². The van der Waals surface area contributed by atoms with Crippen LogP contribution in [-0.4, -0.2) is 56.4 Å². The van der Waals surface area contributed by atoms with Gasteiger partial charge in [-0.05, 0) is 13.8 Å². The zero-order valence-electron chi connectivity index (χ0n) is 11.3. The van der Waals surface area contributed by atoms with Crippen LogP contribution >= 0.6 is 0 Å². The van der Waals surface area contributed by atoms with Crippen molar-refractivity contribution in [2.24, 2.45) is 0 Å². The van der Waals surface area contributed by atoms with Crippen molar-refractivity contribution in [3.8, 4) is 5.88 Å². The summed E-state index contributed by atoms with van der Waals surface area (Å²) in [5.74, 6) is 0.223. The van der Waals surface area contributed by atoms with Gasteiger partial charge in [-0.1, -0.05) is 0 Å².